The van der Waals surface area contributed by atoms with Crippen LogP contribution in [0, 0.1) is 0 Å². The maximum Gasteiger partial charge on any atom is 0.255 e. The molecule has 0 spiro atoms. The molecule has 0 aromatic heterocycles. The van der Waals surface area contributed by atoms with Crippen LogP contribution in [0.3, 0.4) is 0 Å². The van der Waals surface area contributed by atoms with Crippen LogP contribution in [0.15, 0.2) is 24.3 Å². The van der Waals surface area contributed by atoms with Crippen molar-refractivity contribution in [1.82, 2.24) is 15.1 Å². The van der Waals surface area contributed by atoms with Gasteiger partial charge in [0.15, 0.2) is 0 Å². The quantitative estimate of drug-likeness (QED) is 0.755. The van der Waals surface area contributed by atoms with Crippen LogP contribution in [-0.4, -0.2) is 66.3 Å². The summed E-state index contributed by atoms with van der Waals surface area (Å²) in [7, 11) is 1.51. The lowest BCUT2D eigenvalue weighted by Crippen LogP contribution is -2.52. The summed E-state index contributed by atoms with van der Waals surface area (Å²) >= 11 is 0. The van der Waals surface area contributed by atoms with Crippen LogP contribution in [0.5, 0.6) is 0 Å². The average molecular weight is 397 g/mol. The van der Waals surface area contributed by atoms with Gasteiger partial charge in [0.05, 0.1) is 0 Å². The van der Waals surface area contributed by atoms with E-state index in [0.717, 1.165) is 23.1 Å². The van der Waals surface area contributed by atoms with Crippen molar-refractivity contribution in [2.24, 2.45) is 0 Å². The minimum absolute atomic E-state index is 0.0257. The summed E-state index contributed by atoms with van der Waals surface area (Å²) in [6.07, 6.45) is 3.37. The largest absolute Gasteiger partial charge is 0.375 e. The average Bonchev–Trinajstić information content (AvgIpc) is 3.04. The summed E-state index contributed by atoms with van der Waals surface area (Å²) in [6, 6.07) is 5.12. The van der Waals surface area contributed by atoms with Gasteiger partial charge in [-0.3, -0.25) is 24.5 Å². The van der Waals surface area contributed by atoms with Crippen molar-refractivity contribution in [3.8, 4) is 0 Å². The lowest BCUT2D eigenvalue weighted by molar-refractivity contribution is -0.137. The van der Waals surface area contributed by atoms with Gasteiger partial charge in [0.2, 0.25) is 17.7 Å². The lowest BCUT2D eigenvalue weighted by Gasteiger charge is -2.29. The highest BCUT2D eigenvalue weighted by Gasteiger charge is 2.39. The predicted molar refractivity (Wildman–Crippen MR) is 104 cm³/mol. The van der Waals surface area contributed by atoms with Crippen LogP contribution in [-0.2, 0) is 25.7 Å². The highest BCUT2D eigenvalue weighted by molar-refractivity contribution is 6.05. The van der Waals surface area contributed by atoms with Crippen LogP contribution < -0.4 is 5.32 Å². The second kappa shape index (κ2) is 7.79. The Labute approximate surface area is 168 Å². The van der Waals surface area contributed by atoms with Gasteiger partial charge in [-0.15, -0.1) is 0 Å². The summed E-state index contributed by atoms with van der Waals surface area (Å²) in [5.74, 6) is -0.893. The molecule has 0 radical (unpaired) electrons. The van der Waals surface area contributed by atoms with E-state index < -0.39 is 11.9 Å². The zero-order valence-corrected chi connectivity index (χ0v) is 16.3. The van der Waals surface area contributed by atoms with Gasteiger partial charge in [-0.2, -0.15) is 0 Å². The standard InChI is InChI=1S/C21H23N3O5/c1-29-12-19(26)23-8-6-13(7-9-23)14-2-3-16-15(10-14)11-24(21(16)28)17-4-5-18(25)22-20(17)27/h2-3,6,10,17H,4-5,7-9,11-12H2,1H3,(H,22,25,27). The number of benzene rings is 1. The molecule has 1 fully saturated rings. The minimum atomic E-state index is -0.606. The molecule has 3 aliphatic heterocycles. The number of amides is 4. The van der Waals surface area contributed by atoms with Crippen molar-refractivity contribution in [2.45, 2.75) is 31.8 Å². The fourth-order valence-electron chi connectivity index (χ4n) is 4.15. The molecule has 0 bridgehead atoms. The molecule has 4 rings (SSSR count). The highest BCUT2D eigenvalue weighted by Crippen LogP contribution is 2.31. The highest BCUT2D eigenvalue weighted by atomic mass is 16.5. The van der Waals surface area contributed by atoms with Crippen LogP contribution >= 0.6 is 0 Å². The van der Waals surface area contributed by atoms with Crippen LogP contribution in [0.4, 0.5) is 0 Å². The number of ether oxygens (including phenoxy) is 1. The van der Waals surface area contributed by atoms with E-state index in [1.165, 1.54) is 7.11 Å². The Morgan fingerprint density at radius 1 is 1.24 bits per heavy atom. The van der Waals surface area contributed by atoms with Crippen LogP contribution in [0.2, 0.25) is 0 Å². The van der Waals surface area contributed by atoms with E-state index in [0.29, 0.717) is 31.6 Å². The monoisotopic (exact) mass is 397 g/mol. The van der Waals surface area contributed by atoms with Crippen molar-refractivity contribution in [3.05, 3.63) is 41.0 Å². The molecule has 1 N–H and O–H groups in total. The maximum atomic E-state index is 12.8. The van der Waals surface area contributed by atoms with E-state index in [1.807, 2.05) is 24.3 Å². The zero-order chi connectivity index (χ0) is 20.5. The first-order valence-corrected chi connectivity index (χ1v) is 9.71. The number of hydrogen-bond donors (Lipinski definition) is 1. The van der Waals surface area contributed by atoms with Crippen LogP contribution in [0.1, 0.15) is 40.7 Å². The number of hydrogen-bond acceptors (Lipinski definition) is 5. The third-order valence-corrected chi connectivity index (χ3v) is 5.72. The van der Waals surface area contributed by atoms with Crippen molar-refractivity contribution in [1.29, 1.82) is 0 Å². The Kier molecular flexibility index (Phi) is 5.19. The summed E-state index contributed by atoms with van der Waals surface area (Å²) < 4.78 is 4.91. The van der Waals surface area contributed by atoms with Gasteiger partial charge in [-0.05, 0) is 41.7 Å². The van der Waals surface area contributed by atoms with Gasteiger partial charge in [0.1, 0.15) is 12.6 Å². The molecule has 3 heterocycles. The smallest absolute Gasteiger partial charge is 0.255 e. The number of rotatable bonds is 4. The first-order valence-electron chi connectivity index (χ1n) is 9.71. The number of imide groups is 1. The number of nitrogens with zero attached hydrogens (tertiary/aromatic N) is 2. The van der Waals surface area contributed by atoms with Crippen molar-refractivity contribution >= 4 is 29.2 Å². The molecule has 1 saturated heterocycles. The molecular formula is C21H23N3O5. The lowest BCUT2D eigenvalue weighted by atomic mass is 9.96. The number of nitrogens with one attached hydrogen (secondary N) is 1. The Morgan fingerprint density at radius 3 is 2.76 bits per heavy atom. The minimum Gasteiger partial charge on any atom is -0.375 e. The van der Waals surface area contributed by atoms with Gasteiger partial charge >= 0.3 is 0 Å². The van der Waals surface area contributed by atoms with E-state index in [1.54, 1.807) is 9.80 Å². The molecule has 3 aliphatic rings. The Morgan fingerprint density at radius 2 is 2.07 bits per heavy atom. The first kappa shape index (κ1) is 19.3. The molecule has 1 atom stereocenters. The van der Waals surface area contributed by atoms with Gasteiger partial charge in [0.25, 0.3) is 5.91 Å². The molecular weight excluding hydrogens is 374 g/mol. The summed E-state index contributed by atoms with van der Waals surface area (Å²) in [5, 5.41) is 2.32. The van der Waals surface area contributed by atoms with E-state index in [-0.39, 0.29) is 30.7 Å². The number of carbonyl (C=O) groups is 4. The third-order valence-electron chi connectivity index (χ3n) is 5.72. The van der Waals surface area contributed by atoms with Gasteiger partial charge in [-0.1, -0.05) is 12.1 Å². The van der Waals surface area contributed by atoms with E-state index in [9.17, 15) is 19.2 Å². The number of piperidine rings is 1. The summed E-state index contributed by atoms with van der Waals surface area (Å²) in [6.45, 7) is 1.61. The van der Waals surface area contributed by atoms with E-state index >= 15 is 0 Å². The van der Waals surface area contributed by atoms with Gasteiger partial charge < -0.3 is 14.5 Å². The van der Waals surface area contributed by atoms with Crippen LogP contribution in [0.25, 0.3) is 5.57 Å². The number of fused-ring (bicyclic) bond motifs is 1. The summed E-state index contributed by atoms with van der Waals surface area (Å²) in [5.41, 5.74) is 3.66. The molecule has 1 aromatic rings. The molecule has 0 aliphatic carbocycles. The van der Waals surface area contributed by atoms with Crippen molar-refractivity contribution in [3.63, 3.8) is 0 Å². The Bertz CT molecular complexity index is 923. The maximum absolute atomic E-state index is 12.8. The fraction of sp³-hybridized carbons (Fsp3) is 0.429. The van der Waals surface area contributed by atoms with E-state index in [4.69, 9.17) is 4.74 Å². The molecule has 1 unspecified atom stereocenters. The molecule has 4 amide bonds. The van der Waals surface area contributed by atoms with Crippen molar-refractivity contribution in [2.75, 3.05) is 26.8 Å². The van der Waals surface area contributed by atoms with E-state index in [2.05, 4.69) is 5.32 Å². The topological polar surface area (TPSA) is 96.0 Å². The van der Waals surface area contributed by atoms with Gasteiger partial charge in [-0.25, -0.2) is 0 Å². The predicted octanol–water partition coefficient (Wildman–Crippen LogP) is 0.710. The SMILES string of the molecule is COCC(=O)N1CC=C(c2ccc3c(c2)CN(C2CCC(=O)NC2=O)C3=O)CC1. The Balaban J connectivity index is 1.49. The zero-order valence-electron chi connectivity index (χ0n) is 16.3. The molecule has 29 heavy (non-hydrogen) atoms. The number of methoxy groups -OCH3 is 1. The van der Waals surface area contributed by atoms with Crippen molar-refractivity contribution < 1.29 is 23.9 Å². The third kappa shape index (κ3) is 3.67. The molecule has 1 aromatic carbocycles. The molecule has 152 valence electrons. The fourth-order valence-corrected chi connectivity index (χ4v) is 4.15. The number of carbonyl (C=O) groups excluding carboxylic acids is 4. The molecule has 8 nitrogen and oxygen atoms in total. The molecule has 8 heteroatoms. The van der Waals surface area contributed by atoms with Gasteiger partial charge in [0, 0.05) is 38.7 Å². The first-order chi connectivity index (χ1) is 14.0. The second-order valence-corrected chi connectivity index (χ2v) is 7.52. The summed E-state index contributed by atoms with van der Waals surface area (Å²) in [4.78, 5) is 51.6. The molecule has 0 saturated carbocycles. The normalized spacial score (nSPS) is 21.8. The Hall–Kier alpha value is -3.00. The second-order valence-electron chi connectivity index (χ2n) is 7.52.